The molecule has 1 atom stereocenters. The van der Waals surface area contributed by atoms with E-state index >= 15 is 0 Å². The molecule has 1 aliphatic carbocycles. The van der Waals surface area contributed by atoms with Gasteiger partial charge in [0, 0.05) is 30.4 Å². The Morgan fingerprint density at radius 1 is 1.08 bits per heavy atom. The number of rotatable bonds is 3. The number of hydrogen-bond acceptors (Lipinski definition) is 3. The van der Waals surface area contributed by atoms with Crippen LogP contribution in [-0.4, -0.2) is 32.5 Å². The van der Waals surface area contributed by atoms with Crippen molar-refractivity contribution in [2.75, 3.05) is 6.54 Å². The number of likely N-dealkylation sites (tertiary alicyclic amines) is 1. The third-order valence-electron chi connectivity index (χ3n) is 5.48. The number of carbonyl (C=O) groups excluding carboxylic acids is 1. The molecular formula is C19H24N4O. The van der Waals surface area contributed by atoms with Gasteiger partial charge in [0.25, 0.3) is 0 Å². The molecule has 1 aliphatic heterocycles. The van der Waals surface area contributed by atoms with Crippen LogP contribution in [0.15, 0.2) is 30.7 Å². The molecule has 2 aromatic heterocycles. The standard InChI is InChI=1S/C19H24N4O/c24-19(15-5-2-1-3-6-15)23-12-4-7-17(23)18-16(13-21-22-18)14-8-10-20-11-9-14/h8-11,13,15,17H,1-7,12H2,(H,21,22). The minimum Gasteiger partial charge on any atom is -0.334 e. The summed E-state index contributed by atoms with van der Waals surface area (Å²) in [6, 6.07) is 4.12. The van der Waals surface area contributed by atoms with E-state index in [1.165, 1.54) is 19.3 Å². The topological polar surface area (TPSA) is 61.9 Å². The summed E-state index contributed by atoms with van der Waals surface area (Å²) in [5.41, 5.74) is 3.26. The highest BCUT2D eigenvalue weighted by Gasteiger charge is 2.36. The predicted molar refractivity (Wildman–Crippen MR) is 92.1 cm³/mol. The van der Waals surface area contributed by atoms with Crippen molar-refractivity contribution in [3.8, 4) is 11.1 Å². The predicted octanol–water partition coefficient (Wildman–Crippen LogP) is 3.72. The molecule has 2 fully saturated rings. The summed E-state index contributed by atoms with van der Waals surface area (Å²) in [5, 5.41) is 7.44. The van der Waals surface area contributed by atoms with Crippen molar-refractivity contribution in [2.24, 2.45) is 5.92 Å². The first-order valence-electron chi connectivity index (χ1n) is 9.09. The Labute approximate surface area is 142 Å². The van der Waals surface area contributed by atoms with Gasteiger partial charge in [-0.25, -0.2) is 0 Å². The smallest absolute Gasteiger partial charge is 0.226 e. The highest BCUT2D eigenvalue weighted by Crippen LogP contribution is 2.38. The molecule has 1 saturated carbocycles. The van der Waals surface area contributed by atoms with Gasteiger partial charge in [-0.1, -0.05) is 19.3 Å². The lowest BCUT2D eigenvalue weighted by atomic mass is 9.88. The van der Waals surface area contributed by atoms with Crippen molar-refractivity contribution in [1.82, 2.24) is 20.1 Å². The summed E-state index contributed by atoms with van der Waals surface area (Å²) in [4.78, 5) is 19.2. The Morgan fingerprint density at radius 2 is 1.88 bits per heavy atom. The Bertz CT molecular complexity index is 690. The summed E-state index contributed by atoms with van der Waals surface area (Å²) < 4.78 is 0. The molecular weight excluding hydrogens is 300 g/mol. The van der Waals surface area contributed by atoms with Crippen molar-refractivity contribution in [3.63, 3.8) is 0 Å². The molecule has 2 aliphatic rings. The molecule has 5 nitrogen and oxygen atoms in total. The van der Waals surface area contributed by atoms with Crippen molar-refractivity contribution in [3.05, 3.63) is 36.4 Å². The van der Waals surface area contributed by atoms with E-state index in [0.29, 0.717) is 5.91 Å². The van der Waals surface area contributed by atoms with Gasteiger partial charge >= 0.3 is 0 Å². The van der Waals surface area contributed by atoms with Crippen molar-refractivity contribution >= 4 is 5.91 Å². The SMILES string of the molecule is O=C(C1CCCCC1)N1CCCC1c1[nH]ncc1-c1ccncc1. The van der Waals surface area contributed by atoms with Crippen LogP contribution in [0.1, 0.15) is 56.7 Å². The van der Waals surface area contributed by atoms with Gasteiger partial charge in [0.05, 0.1) is 17.9 Å². The van der Waals surface area contributed by atoms with Gasteiger partial charge in [-0.3, -0.25) is 14.9 Å². The van der Waals surface area contributed by atoms with E-state index in [-0.39, 0.29) is 12.0 Å². The number of nitrogens with zero attached hydrogens (tertiary/aromatic N) is 3. The molecule has 1 unspecified atom stereocenters. The minimum atomic E-state index is 0.130. The zero-order valence-corrected chi connectivity index (χ0v) is 13.9. The van der Waals surface area contributed by atoms with E-state index in [9.17, 15) is 4.79 Å². The molecule has 0 radical (unpaired) electrons. The van der Waals surface area contributed by atoms with Gasteiger partial charge in [0.15, 0.2) is 0 Å². The first kappa shape index (κ1) is 15.4. The number of hydrogen-bond donors (Lipinski definition) is 1. The Hall–Kier alpha value is -2.17. The van der Waals surface area contributed by atoms with Gasteiger partial charge < -0.3 is 4.90 Å². The molecule has 3 heterocycles. The number of pyridine rings is 1. The molecule has 1 N–H and O–H groups in total. The maximum atomic E-state index is 13.0. The number of carbonyl (C=O) groups is 1. The fourth-order valence-electron chi connectivity index (χ4n) is 4.23. The molecule has 0 spiro atoms. The van der Waals surface area contributed by atoms with E-state index < -0.39 is 0 Å². The van der Waals surface area contributed by atoms with E-state index in [1.807, 2.05) is 18.3 Å². The van der Waals surface area contributed by atoms with Crippen LogP contribution in [0.4, 0.5) is 0 Å². The Kier molecular flexibility index (Phi) is 4.32. The summed E-state index contributed by atoms with van der Waals surface area (Å²) >= 11 is 0. The van der Waals surface area contributed by atoms with Crippen molar-refractivity contribution < 1.29 is 4.79 Å². The van der Waals surface area contributed by atoms with Crippen LogP contribution in [0, 0.1) is 5.92 Å². The Morgan fingerprint density at radius 3 is 2.67 bits per heavy atom. The van der Waals surface area contributed by atoms with Crippen LogP contribution >= 0.6 is 0 Å². The van der Waals surface area contributed by atoms with Gasteiger partial charge in [0.2, 0.25) is 5.91 Å². The second-order valence-corrected chi connectivity index (χ2v) is 6.96. The quantitative estimate of drug-likeness (QED) is 0.936. The van der Waals surface area contributed by atoms with E-state index in [0.717, 1.165) is 49.0 Å². The van der Waals surface area contributed by atoms with Crippen LogP contribution < -0.4 is 0 Å². The molecule has 2 aromatic rings. The van der Waals surface area contributed by atoms with Crippen LogP contribution in [0.25, 0.3) is 11.1 Å². The fourth-order valence-corrected chi connectivity index (χ4v) is 4.23. The lowest BCUT2D eigenvalue weighted by Gasteiger charge is -2.30. The van der Waals surface area contributed by atoms with Crippen molar-refractivity contribution in [1.29, 1.82) is 0 Å². The molecule has 4 rings (SSSR count). The summed E-state index contributed by atoms with van der Waals surface area (Å²) in [6.45, 7) is 0.870. The third-order valence-corrected chi connectivity index (χ3v) is 5.48. The molecule has 0 aromatic carbocycles. The van der Waals surface area contributed by atoms with Crippen LogP contribution in [0.5, 0.6) is 0 Å². The maximum Gasteiger partial charge on any atom is 0.226 e. The van der Waals surface area contributed by atoms with E-state index in [4.69, 9.17) is 0 Å². The largest absolute Gasteiger partial charge is 0.334 e. The number of amides is 1. The number of aromatic nitrogens is 3. The monoisotopic (exact) mass is 324 g/mol. The first-order chi connectivity index (χ1) is 11.8. The zero-order chi connectivity index (χ0) is 16.4. The van der Waals surface area contributed by atoms with Gasteiger partial charge in [-0.05, 0) is 43.4 Å². The first-order valence-corrected chi connectivity index (χ1v) is 9.09. The van der Waals surface area contributed by atoms with Crippen LogP contribution in [0.2, 0.25) is 0 Å². The third kappa shape index (κ3) is 2.83. The second kappa shape index (κ2) is 6.75. The summed E-state index contributed by atoms with van der Waals surface area (Å²) in [7, 11) is 0. The number of nitrogens with one attached hydrogen (secondary N) is 1. The Balaban J connectivity index is 1.60. The average Bonchev–Trinajstić information content (AvgIpc) is 3.31. The molecule has 24 heavy (non-hydrogen) atoms. The maximum absolute atomic E-state index is 13.0. The normalized spacial score (nSPS) is 22.0. The van der Waals surface area contributed by atoms with Crippen LogP contribution in [0.3, 0.4) is 0 Å². The molecule has 0 bridgehead atoms. The van der Waals surface area contributed by atoms with E-state index in [2.05, 4.69) is 20.1 Å². The number of aromatic amines is 1. The summed E-state index contributed by atoms with van der Waals surface area (Å²) in [5.74, 6) is 0.583. The molecule has 1 amide bonds. The lowest BCUT2D eigenvalue weighted by Crippen LogP contribution is -2.36. The van der Waals surface area contributed by atoms with Crippen molar-refractivity contribution in [2.45, 2.75) is 51.0 Å². The van der Waals surface area contributed by atoms with Gasteiger partial charge in [0.1, 0.15) is 0 Å². The summed E-state index contributed by atoms with van der Waals surface area (Å²) in [6.07, 6.45) is 13.3. The number of H-pyrrole nitrogens is 1. The molecule has 5 heteroatoms. The average molecular weight is 324 g/mol. The van der Waals surface area contributed by atoms with E-state index in [1.54, 1.807) is 12.4 Å². The van der Waals surface area contributed by atoms with Gasteiger partial charge in [-0.2, -0.15) is 5.10 Å². The fraction of sp³-hybridized carbons (Fsp3) is 0.526. The van der Waals surface area contributed by atoms with Crippen LogP contribution in [-0.2, 0) is 4.79 Å². The highest BCUT2D eigenvalue weighted by molar-refractivity contribution is 5.80. The molecule has 126 valence electrons. The van der Waals surface area contributed by atoms with Gasteiger partial charge in [-0.15, -0.1) is 0 Å². The molecule has 1 saturated heterocycles. The lowest BCUT2D eigenvalue weighted by molar-refractivity contribution is -0.137. The highest BCUT2D eigenvalue weighted by atomic mass is 16.2. The minimum absolute atomic E-state index is 0.130. The zero-order valence-electron chi connectivity index (χ0n) is 13.9. The second-order valence-electron chi connectivity index (χ2n) is 6.96.